The Hall–Kier alpha value is -1.71. The number of thioether (sulfide) groups is 1. The van der Waals surface area contributed by atoms with Gasteiger partial charge in [-0.1, -0.05) is 26.0 Å². The molecule has 6 heteroatoms. The Morgan fingerprint density at radius 1 is 1.38 bits per heavy atom. The number of carbonyl (C=O) groups excluding carboxylic acids is 1. The lowest BCUT2D eigenvalue weighted by Gasteiger charge is -2.23. The van der Waals surface area contributed by atoms with Gasteiger partial charge in [-0.25, -0.2) is 4.79 Å². The number of anilines is 1. The van der Waals surface area contributed by atoms with E-state index < -0.39 is 0 Å². The third kappa shape index (κ3) is 7.24. The van der Waals surface area contributed by atoms with Gasteiger partial charge in [0.2, 0.25) is 0 Å². The second-order valence-corrected chi connectivity index (χ2v) is 7.39. The Bertz CT molecular complexity index is 558. The van der Waals surface area contributed by atoms with Gasteiger partial charge in [0.25, 0.3) is 0 Å². The molecule has 1 rings (SSSR count). The second kappa shape index (κ2) is 11.0. The van der Waals surface area contributed by atoms with Crippen molar-refractivity contribution < 1.29 is 4.79 Å². The highest BCUT2D eigenvalue weighted by atomic mass is 32.2. The molecule has 0 bridgehead atoms. The van der Waals surface area contributed by atoms with Gasteiger partial charge in [0.1, 0.15) is 0 Å². The van der Waals surface area contributed by atoms with Crippen LogP contribution < -0.4 is 10.6 Å². The first-order chi connectivity index (χ1) is 11.5. The highest BCUT2D eigenvalue weighted by Gasteiger charge is 2.11. The van der Waals surface area contributed by atoms with Gasteiger partial charge in [0, 0.05) is 35.7 Å². The smallest absolute Gasteiger partial charge is 0.319 e. The standard InChI is InChI=1S/C18H28N4OS/c1-5-14(2)22(4)13-12-20-18(23)21-16-8-6-7-9-17(16)24-15(3)10-11-19/h6-9,14-15H,5,10,12-13H2,1-4H3,(H2,20,21,23). The van der Waals surface area contributed by atoms with Crippen molar-refractivity contribution in [2.75, 3.05) is 25.5 Å². The van der Waals surface area contributed by atoms with Gasteiger partial charge in [0.15, 0.2) is 0 Å². The zero-order valence-electron chi connectivity index (χ0n) is 15.0. The SMILES string of the molecule is CCC(C)N(C)CCNC(=O)Nc1ccccc1SC(C)CC#N. The summed E-state index contributed by atoms with van der Waals surface area (Å²) < 4.78 is 0. The Morgan fingerprint density at radius 2 is 2.08 bits per heavy atom. The van der Waals surface area contributed by atoms with E-state index in [0.29, 0.717) is 19.0 Å². The Morgan fingerprint density at radius 3 is 2.75 bits per heavy atom. The van der Waals surface area contributed by atoms with E-state index in [0.717, 1.165) is 23.5 Å². The highest BCUT2D eigenvalue weighted by Crippen LogP contribution is 2.31. The number of para-hydroxylation sites is 1. The van der Waals surface area contributed by atoms with E-state index in [2.05, 4.69) is 42.5 Å². The zero-order valence-corrected chi connectivity index (χ0v) is 15.8. The number of benzene rings is 1. The van der Waals surface area contributed by atoms with Crippen molar-refractivity contribution in [3.63, 3.8) is 0 Å². The maximum absolute atomic E-state index is 12.1. The van der Waals surface area contributed by atoms with Crippen molar-refractivity contribution >= 4 is 23.5 Å². The average molecular weight is 349 g/mol. The monoisotopic (exact) mass is 348 g/mol. The number of likely N-dealkylation sites (N-methyl/N-ethyl adjacent to an activating group) is 1. The van der Waals surface area contributed by atoms with E-state index in [1.165, 1.54) is 0 Å². The molecule has 0 aliphatic heterocycles. The molecule has 0 fully saturated rings. The lowest BCUT2D eigenvalue weighted by atomic mass is 10.2. The van der Waals surface area contributed by atoms with Crippen LogP contribution >= 0.6 is 11.8 Å². The molecule has 0 aromatic heterocycles. The molecule has 5 nitrogen and oxygen atoms in total. The number of nitrogens with one attached hydrogen (secondary N) is 2. The van der Waals surface area contributed by atoms with E-state index in [9.17, 15) is 4.79 Å². The molecule has 0 saturated carbocycles. The number of carbonyl (C=O) groups is 1. The number of hydrogen-bond acceptors (Lipinski definition) is 4. The third-order valence-electron chi connectivity index (χ3n) is 3.94. The topological polar surface area (TPSA) is 68.2 Å². The first-order valence-corrected chi connectivity index (χ1v) is 9.23. The second-order valence-electron chi connectivity index (χ2n) is 5.91. The maximum Gasteiger partial charge on any atom is 0.319 e. The first kappa shape index (κ1) is 20.3. The van der Waals surface area contributed by atoms with E-state index in [4.69, 9.17) is 5.26 Å². The Kier molecular flexibility index (Phi) is 9.28. The summed E-state index contributed by atoms with van der Waals surface area (Å²) in [5.74, 6) is 0. The summed E-state index contributed by atoms with van der Waals surface area (Å²) in [4.78, 5) is 15.3. The summed E-state index contributed by atoms with van der Waals surface area (Å²) in [5.41, 5.74) is 0.778. The highest BCUT2D eigenvalue weighted by molar-refractivity contribution is 8.00. The van der Waals surface area contributed by atoms with E-state index >= 15 is 0 Å². The van der Waals surface area contributed by atoms with E-state index in [-0.39, 0.29) is 11.3 Å². The van der Waals surface area contributed by atoms with Gasteiger partial charge in [-0.3, -0.25) is 0 Å². The Labute approximate surface area is 149 Å². The van der Waals surface area contributed by atoms with Crippen molar-refractivity contribution in [2.45, 2.75) is 49.8 Å². The van der Waals surface area contributed by atoms with Crippen LogP contribution in [0.25, 0.3) is 0 Å². The molecule has 132 valence electrons. The van der Waals surface area contributed by atoms with E-state index in [1.54, 1.807) is 11.8 Å². The molecule has 24 heavy (non-hydrogen) atoms. The third-order valence-corrected chi connectivity index (χ3v) is 5.11. The number of urea groups is 1. The lowest BCUT2D eigenvalue weighted by Crippen LogP contribution is -2.38. The number of amides is 2. The summed E-state index contributed by atoms with van der Waals surface area (Å²) in [5, 5.41) is 14.8. The number of nitriles is 1. The van der Waals surface area contributed by atoms with Gasteiger partial charge in [0.05, 0.1) is 11.8 Å². The minimum Gasteiger partial charge on any atom is -0.337 e. The van der Waals surface area contributed by atoms with Crippen LogP contribution in [0.4, 0.5) is 10.5 Å². The number of rotatable bonds is 9. The van der Waals surface area contributed by atoms with Gasteiger partial charge < -0.3 is 15.5 Å². The first-order valence-electron chi connectivity index (χ1n) is 8.35. The van der Waals surface area contributed by atoms with Gasteiger partial charge >= 0.3 is 6.03 Å². The summed E-state index contributed by atoms with van der Waals surface area (Å²) in [6.07, 6.45) is 1.57. The van der Waals surface area contributed by atoms with E-state index in [1.807, 2.05) is 31.2 Å². The fourth-order valence-corrected chi connectivity index (χ4v) is 3.10. The van der Waals surface area contributed by atoms with Crippen molar-refractivity contribution in [2.24, 2.45) is 0 Å². The van der Waals surface area contributed by atoms with Gasteiger partial charge in [-0.15, -0.1) is 11.8 Å². The number of nitrogens with zero attached hydrogens (tertiary/aromatic N) is 2. The summed E-state index contributed by atoms with van der Waals surface area (Å²) in [7, 11) is 2.07. The molecular formula is C18H28N4OS. The van der Waals surface area contributed by atoms with Crippen molar-refractivity contribution in [3.05, 3.63) is 24.3 Å². The molecule has 0 radical (unpaired) electrons. The molecule has 2 unspecified atom stereocenters. The molecular weight excluding hydrogens is 320 g/mol. The minimum atomic E-state index is -0.200. The summed E-state index contributed by atoms with van der Waals surface area (Å²) >= 11 is 1.60. The Balaban J connectivity index is 2.51. The quantitative estimate of drug-likeness (QED) is 0.664. The largest absolute Gasteiger partial charge is 0.337 e. The van der Waals surface area contributed by atoms with Crippen LogP contribution in [-0.4, -0.2) is 42.4 Å². The van der Waals surface area contributed by atoms with Gasteiger partial charge in [-0.05, 0) is 32.5 Å². The molecule has 1 aromatic rings. The van der Waals surface area contributed by atoms with Crippen LogP contribution in [0.3, 0.4) is 0 Å². The molecule has 0 saturated heterocycles. The molecule has 0 heterocycles. The lowest BCUT2D eigenvalue weighted by molar-refractivity contribution is 0.238. The van der Waals surface area contributed by atoms with Crippen LogP contribution in [-0.2, 0) is 0 Å². The maximum atomic E-state index is 12.1. The van der Waals surface area contributed by atoms with Crippen LogP contribution in [0.1, 0.15) is 33.6 Å². The average Bonchev–Trinajstić information content (AvgIpc) is 2.56. The molecule has 0 spiro atoms. The predicted molar refractivity (Wildman–Crippen MR) is 101 cm³/mol. The van der Waals surface area contributed by atoms with Crippen molar-refractivity contribution in [3.8, 4) is 6.07 Å². The minimum absolute atomic E-state index is 0.185. The van der Waals surface area contributed by atoms with Gasteiger partial charge in [-0.2, -0.15) is 5.26 Å². The fraction of sp³-hybridized carbons (Fsp3) is 0.556. The number of hydrogen-bond donors (Lipinski definition) is 2. The van der Waals surface area contributed by atoms with Crippen LogP contribution in [0.15, 0.2) is 29.2 Å². The zero-order chi connectivity index (χ0) is 17.9. The normalized spacial score (nSPS) is 13.2. The molecule has 2 atom stereocenters. The molecule has 2 amide bonds. The fourth-order valence-electron chi connectivity index (χ4n) is 2.10. The molecule has 2 N–H and O–H groups in total. The predicted octanol–water partition coefficient (Wildman–Crippen LogP) is 3.93. The molecule has 1 aromatic carbocycles. The molecule has 0 aliphatic carbocycles. The summed E-state index contributed by atoms with van der Waals surface area (Å²) in [6, 6.07) is 10.2. The van der Waals surface area contributed by atoms with Crippen molar-refractivity contribution in [1.29, 1.82) is 5.26 Å². The van der Waals surface area contributed by atoms with Crippen LogP contribution in [0.5, 0.6) is 0 Å². The van der Waals surface area contributed by atoms with Crippen LogP contribution in [0.2, 0.25) is 0 Å². The van der Waals surface area contributed by atoms with Crippen molar-refractivity contribution in [1.82, 2.24) is 10.2 Å². The van der Waals surface area contributed by atoms with Crippen LogP contribution in [0, 0.1) is 11.3 Å². The molecule has 0 aliphatic rings. The summed E-state index contributed by atoms with van der Waals surface area (Å²) in [6.45, 7) is 7.76.